The number of hydrogen-bond donors (Lipinski definition) is 2. The summed E-state index contributed by atoms with van der Waals surface area (Å²) in [6.07, 6.45) is 1.66. The molecule has 2 heterocycles. The second-order valence-electron chi connectivity index (χ2n) is 6.25. The molecule has 1 atom stereocenters. The molecule has 7 heteroatoms. The topological polar surface area (TPSA) is 97.1 Å². The van der Waals surface area contributed by atoms with Gasteiger partial charge in [0.1, 0.15) is 6.04 Å². The van der Waals surface area contributed by atoms with Crippen molar-refractivity contribution in [3.8, 4) is 0 Å². The van der Waals surface area contributed by atoms with Gasteiger partial charge in [0, 0.05) is 11.4 Å². The summed E-state index contributed by atoms with van der Waals surface area (Å²) in [5, 5.41) is 16.8. The maximum atomic E-state index is 12.4. The summed E-state index contributed by atoms with van der Waals surface area (Å²) in [6, 6.07) is 0.936. The molecule has 2 aromatic rings. The van der Waals surface area contributed by atoms with E-state index in [0.717, 1.165) is 5.39 Å². The van der Waals surface area contributed by atoms with Crippen molar-refractivity contribution in [2.24, 2.45) is 5.92 Å². The van der Waals surface area contributed by atoms with Crippen LogP contribution in [0.25, 0.3) is 11.0 Å². The van der Waals surface area contributed by atoms with E-state index in [2.05, 4.69) is 15.4 Å². The van der Waals surface area contributed by atoms with E-state index in [9.17, 15) is 14.7 Å². The van der Waals surface area contributed by atoms with Crippen LogP contribution in [-0.4, -0.2) is 37.8 Å². The maximum absolute atomic E-state index is 12.4. The number of aryl methyl sites for hydroxylation is 1. The maximum Gasteiger partial charge on any atom is 0.326 e. The summed E-state index contributed by atoms with van der Waals surface area (Å²) >= 11 is 0. The summed E-state index contributed by atoms with van der Waals surface area (Å²) in [5.41, 5.74) is 1.63. The molecule has 0 aromatic carbocycles. The summed E-state index contributed by atoms with van der Waals surface area (Å²) < 4.78 is 1.79. The molecule has 1 amide bonds. The van der Waals surface area contributed by atoms with E-state index in [4.69, 9.17) is 0 Å². The third kappa shape index (κ3) is 3.33. The Morgan fingerprint density at radius 2 is 1.91 bits per heavy atom. The lowest BCUT2D eigenvalue weighted by molar-refractivity contribution is -0.140. The van der Waals surface area contributed by atoms with E-state index in [1.54, 1.807) is 37.7 Å². The number of pyridine rings is 1. The summed E-state index contributed by atoms with van der Waals surface area (Å²) in [7, 11) is 0. The molecule has 0 spiro atoms. The Bertz CT molecular complexity index is 749. The van der Waals surface area contributed by atoms with Crippen molar-refractivity contribution in [2.75, 3.05) is 0 Å². The highest BCUT2D eigenvalue weighted by Gasteiger charge is 2.25. The zero-order valence-corrected chi connectivity index (χ0v) is 14.0. The quantitative estimate of drug-likeness (QED) is 0.880. The standard InChI is InChI=1S/C16H22N4O3/c1-8(2)13(16(22)23)19-15(21)12-6-11-7-17-20(9(3)4)14(11)18-10(12)5/h6-9,13H,1-5H3,(H,19,21)(H,22,23). The Labute approximate surface area is 134 Å². The number of hydrogen-bond acceptors (Lipinski definition) is 4. The molecular weight excluding hydrogens is 296 g/mol. The van der Waals surface area contributed by atoms with Gasteiger partial charge in [-0.25, -0.2) is 14.5 Å². The van der Waals surface area contributed by atoms with E-state index < -0.39 is 17.9 Å². The molecule has 1 unspecified atom stereocenters. The second kappa shape index (κ2) is 6.36. The minimum absolute atomic E-state index is 0.163. The number of carbonyl (C=O) groups is 2. The highest BCUT2D eigenvalue weighted by molar-refractivity contribution is 5.99. The number of carboxylic acid groups (broad SMARTS) is 1. The SMILES string of the molecule is Cc1nc2c(cnn2C(C)C)cc1C(=O)NC(C(=O)O)C(C)C. The fourth-order valence-corrected chi connectivity index (χ4v) is 2.41. The molecule has 0 saturated heterocycles. The Kier molecular flexibility index (Phi) is 4.68. The number of rotatable bonds is 5. The van der Waals surface area contributed by atoms with E-state index in [1.165, 1.54) is 0 Å². The van der Waals surface area contributed by atoms with Gasteiger partial charge in [0.25, 0.3) is 5.91 Å². The van der Waals surface area contributed by atoms with E-state index in [1.807, 2.05) is 13.8 Å². The number of carbonyl (C=O) groups excluding carboxylic acids is 1. The van der Waals surface area contributed by atoms with Gasteiger partial charge >= 0.3 is 5.97 Å². The van der Waals surface area contributed by atoms with Crippen LogP contribution in [0.2, 0.25) is 0 Å². The molecule has 0 bridgehead atoms. The molecule has 0 aliphatic carbocycles. The van der Waals surface area contributed by atoms with Crippen molar-refractivity contribution in [1.82, 2.24) is 20.1 Å². The number of aliphatic carboxylic acids is 1. The molecule has 2 rings (SSSR count). The molecule has 0 radical (unpaired) electrons. The first-order valence-corrected chi connectivity index (χ1v) is 7.61. The smallest absolute Gasteiger partial charge is 0.326 e. The molecule has 0 aliphatic heterocycles. The van der Waals surface area contributed by atoms with Gasteiger partial charge in [0.05, 0.1) is 17.5 Å². The Morgan fingerprint density at radius 3 is 2.43 bits per heavy atom. The normalized spacial score (nSPS) is 12.8. The third-order valence-corrected chi connectivity index (χ3v) is 3.71. The van der Waals surface area contributed by atoms with Crippen LogP contribution in [0.4, 0.5) is 0 Å². The zero-order chi connectivity index (χ0) is 17.3. The minimum Gasteiger partial charge on any atom is -0.480 e. The lowest BCUT2D eigenvalue weighted by atomic mass is 10.0. The molecule has 2 aromatic heterocycles. The van der Waals surface area contributed by atoms with Crippen LogP contribution in [0, 0.1) is 12.8 Å². The van der Waals surface area contributed by atoms with Crippen LogP contribution in [0.1, 0.15) is 49.8 Å². The average molecular weight is 318 g/mol. The van der Waals surface area contributed by atoms with E-state index in [0.29, 0.717) is 16.9 Å². The van der Waals surface area contributed by atoms with Crippen LogP contribution < -0.4 is 5.32 Å². The molecule has 23 heavy (non-hydrogen) atoms. The average Bonchev–Trinajstić information content (AvgIpc) is 2.85. The van der Waals surface area contributed by atoms with Gasteiger partial charge in [0.2, 0.25) is 0 Å². The number of carboxylic acids is 1. The highest BCUT2D eigenvalue weighted by atomic mass is 16.4. The van der Waals surface area contributed by atoms with Gasteiger partial charge in [-0.2, -0.15) is 5.10 Å². The largest absolute Gasteiger partial charge is 0.480 e. The Morgan fingerprint density at radius 1 is 1.26 bits per heavy atom. The predicted octanol–water partition coefficient (Wildman–Crippen LogP) is 2.16. The van der Waals surface area contributed by atoms with Gasteiger partial charge in [0.15, 0.2) is 5.65 Å². The zero-order valence-electron chi connectivity index (χ0n) is 14.0. The van der Waals surface area contributed by atoms with Crippen LogP contribution in [0.15, 0.2) is 12.3 Å². The lowest BCUT2D eigenvalue weighted by Crippen LogP contribution is -2.44. The number of fused-ring (bicyclic) bond motifs is 1. The fraction of sp³-hybridized carbons (Fsp3) is 0.500. The first-order chi connectivity index (χ1) is 10.7. The highest BCUT2D eigenvalue weighted by Crippen LogP contribution is 2.19. The van der Waals surface area contributed by atoms with Crippen molar-refractivity contribution in [3.63, 3.8) is 0 Å². The van der Waals surface area contributed by atoms with Crippen molar-refractivity contribution in [1.29, 1.82) is 0 Å². The van der Waals surface area contributed by atoms with Crippen molar-refractivity contribution in [3.05, 3.63) is 23.5 Å². The molecule has 0 aliphatic rings. The van der Waals surface area contributed by atoms with Gasteiger partial charge in [-0.15, -0.1) is 0 Å². The number of nitrogens with one attached hydrogen (secondary N) is 1. The van der Waals surface area contributed by atoms with Crippen molar-refractivity contribution in [2.45, 2.75) is 46.7 Å². The number of aromatic nitrogens is 3. The predicted molar refractivity (Wildman–Crippen MR) is 86.4 cm³/mol. The van der Waals surface area contributed by atoms with Gasteiger partial charge in [-0.05, 0) is 32.8 Å². The van der Waals surface area contributed by atoms with Gasteiger partial charge in [-0.3, -0.25) is 4.79 Å². The monoisotopic (exact) mass is 318 g/mol. The molecule has 7 nitrogen and oxygen atoms in total. The minimum atomic E-state index is -1.05. The lowest BCUT2D eigenvalue weighted by Gasteiger charge is -2.18. The van der Waals surface area contributed by atoms with Crippen LogP contribution >= 0.6 is 0 Å². The Balaban J connectivity index is 2.38. The number of amides is 1. The van der Waals surface area contributed by atoms with Gasteiger partial charge in [-0.1, -0.05) is 13.8 Å². The van der Waals surface area contributed by atoms with Crippen molar-refractivity contribution >= 4 is 22.9 Å². The first kappa shape index (κ1) is 16.9. The van der Waals surface area contributed by atoms with E-state index in [-0.39, 0.29) is 12.0 Å². The molecular formula is C16H22N4O3. The van der Waals surface area contributed by atoms with Crippen LogP contribution in [0.5, 0.6) is 0 Å². The fourth-order valence-electron chi connectivity index (χ4n) is 2.41. The second-order valence-corrected chi connectivity index (χ2v) is 6.25. The summed E-state index contributed by atoms with van der Waals surface area (Å²) in [6.45, 7) is 9.24. The number of nitrogens with zero attached hydrogens (tertiary/aromatic N) is 3. The Hall–Kier alpha value is -2.44. The molecule has 124 valence electrons. The first-order valence-electron chi connectivity index (χ1n) is 7.61. The van der Waals surface area contributed by atoms with Crippen molar-refractivity contribution < 1.29 is 14.7 Å². The van der Waals surface area contributed by atoms with Crippen LogP contribution in [0.3, 0.4) is 0 Å². The van der Waals surface area contributed by atoms with E-state index >= 15 is 0 Å². The molecule has 2 N–H and O–H groups in total. The third-order valence-electron chi connectivity index (χ3n) is 3.71. The van der Waals surface area contributed by atoms with Crippen LogP contribution in [-0.2, 0) is 4.79 Å². The summed E-state index contributed by atoms with van der Waals surface area (Å²) in [5.74, 6) is -1.69. The van der Waals surface area contributed by atoms with Gasteiger partial charge < -0.3 is 10.4 Å². The molecule has 0 saturated carbocycles. The molecule has 0 fully saturated rings. The summed E-state index contributed by atoms with van der Waals surface area (Å²) in [4.78, 5) is 28.1.